The van der Waals surface area contributed by atoms with Crippen LogP contribution in [-0.4, -0.2) is 57.0 Å². The first-order valence-corrected chi connectivity index (χ1v) is 8.79. The summed E-state index contributed by atoms with van der Waals surface area (Å²) in [5.74, 6) is 1.36. The van der Waals surface area contributed by atoms with Gasteiger partial charge in [-0.25, -0.2) is 14.4 Å². The molecule has 3 aromatic rings. The molecule has 148 valence electrons. The van der Waals surface area contributed by atoms with E-state index >= 15 is 0 Å². The predicted octanol–water partition coefficient (Wildman–Crippen LogP) is 2.26. The number of ether oxygens (including phenoxy) is 1. The second-order valence-corrected chi connectivity index (χ2v) is 6.25. The quantitative estimate of drug-likeness (QED) is 0.694. The highest BCUT2D eigenvalue weighted by atomic mass is 19.1. The topological polar surface area (TPSA) is 85.4 Å². The van der Waals surface area contributed by atoms with Crippen molar-refractivity contribution in [3.8, 4) is 17.2 Å². The third-order valence-electron chi connectivity index (χ3n) is 4.54. The number of nitrogens with zero attached hydrogens (tertiary/aromatic N) is 5. The lowest BCUT2D eigenvalue weighted by Crippen LogP contribution is -2.36. The molecule has 2 aromatic heterocycles. The van der Waals surface area contributed by atoms with Gasteiger partial charge in [-0.1, -0.05) is 0 Å². The van der Waals surface area contributed by atoms with E-state index in [9.17, 15) is 4.39 Å². The molecule has 1 aromatic carbocycles. The number of aryl methyl sites for hydroxylation is 2. The number of benzene rings is 1. The molecule has 3 heterocycles. The largest absolute Gasteiger partial charge is 0.483 e. The zero-order valence-electron chi connectivity index (χ0n) is 15.7. The number of anilines is 1. The molecule has 0 bridgehead atoms. The van der Waals surface area contributed by atoms with Crippen molar-refractivity contribution >= 4 is 12.2 Å². The van der Waals surface area contributed by atoms with Crippen LogP contribution in [0.25, 0.3) is 17.2 Å². The van der Waals surface area contributed by atoms with Crippen LogP contribution < -0.4 is 4.90 Å². The van der Waals surface area contributed by atoms with Crippen LogP contribution in [0.2, 0.25) is 0 Å². The Bertz CT molecular complexity index is 927. The van der Waals surface area contributed by atoms with Gasteiger partial charge in [0.05, 0.1) is 24.6 Å². The maximum atomic E-state index is 14.7. The van der Waals surface area contributed by atoms with Gasteiger partial charge in [0.25, 0.3) is 6.47 Å². The molecule has 8 nitrogen and oxygen atoms in total. The van der Waals surface area contributed by atoms with Crippen molar-refractivity contribution in [2.75, 3.05) is 31.2 Å². The van der Waals surface area contributed by atoms with Gasteiger partial charge in [0.1, 0.15) is 17.3 Å². The van der Waals surface area contributed by atoms with Gasteiger partial charge in [-0.3, -0.25) is 9.36 Å². The van der Waals surface area contributed by atoms with Crippen molar-refractivity contribution in [2.24, 2.45) is 7.05 Å². The molecule has 0 aliphatic carbocycles. The third kappa shape index (κ3) is 4.04. The first kappa shape index (κ1) is 19.6. The first-order chi connectivity index (χ1) is 13.5. The average molecular weight is 387 g/mol. The van der Waals surface area contributed by atoms with E-state index in [0.717, 1.165) is 17.2 Å². The van der Waals surface area contributed by atoms with Gasteiger partial charge in [0, 0.05) is 44.8 Å². The molecule has 1 N–H and O–H groups in total. The lowest BCUT2D eigenvalue weighted by molar-refractivity contribution is -0.122. The summed E-state index contributed by atoms with van der Waals surface area (Å²) in [6, 6.07) is 5.28. The van der Waals surface area contributed by atoms with E-state index in [4.69, 9.17) is 14.6 Å². The van der Waals surface area contributed by atoms with Crippen LogP contribution in [-0.2, 0) is 16.6 Å². The Morgan fingerprint density at radius 3 is 2.61 bits per heavy atom. The molecule has 9 heteroatoms. The van der Waals surface area contributed by atoms with Crippen LogP contribution in [0.3, 0.4) is 0 Å². The minimum atomic E-state index is -0.250. The van der Waals surface area contributed by atoms with Crippen LogP contribution in [0.4, 0.5) is 10.1 Å². The van der Waals surface area contributed by atoms with Gasteiger partial charge in [-0.2, -0.15) is 0 Å². The number of morpholine rings is 1. The fraction of sp³-hybridized carbons (Fsp3) is 0.316. The molecule has 28 heavy (non-hydrogen) atoms. The normalized spacial score (nSPS) is 13.8. The average Bonchev–Trinajstić information content (AvgIpc) is 3.30. The SMILES string of the molecule is Cc1nc(-c2nccn2-c2ccc(N3CCOCC3)c(F)c2)cn1C.O=CO. The maximum absolute atomic E-state index is 14.7. The van der Waals surface area contributed by atoms with E-state index in [1.165, 1.54) is 0 Å². The minimum absolute atomic E-state index is 0.240. The van der Waals surface area contributed by atoms with Gasteiger partial charge >= 0.3 is 0 Å². The van der Waals surface area contributed by atoms with Crippen LogP contribution in [0.1, 0.15) is 5.82 Å². The number of rotatable bonds is 3. The van der Waals surface area contributed by atoms with Crippen molar-refractivity contribution in [3.63, 3.8) is 0 Å². The molecular formula is C19H22FN5O3. The molecule has 1 fully saturated rings. The summed E-state index contributed by atoms with van der Waals surface area (Å²) >= 11 is 0. The zero-order chi connectivity index (χ0) is 20.1. The monoisotopic (exact) mass is 387 g/mol. The van der Waals surface area contributed by atoms with Crippen LogP contribution in [0.5, 0.6) is 0 Å². The number of hydrogen-bond acceptors (Lipinski definition) is 5. The Morgan fingerprint density at radius 1 is 1.29 bits per heavy atom. The Kier molecular flexibility index (Phi) is 6.05. The lowest BCUT2D eigenvalue weighted by Gasteiger charge is -2.29. The minimum Gasteiger partial charge on any atom is -0.483 e. The summed E-state index contributed by atoms with van der Waals surface area (Å²) in [6.45, 7) is 4.37. The van der Waals surface area contributed by atoms with Crippen molar-refractivity contribution in [3.05, 3.63) is 48.4 Å². The summed E-state index contributed by atoms with van der Waals surface area (Å²) in [6.07, 6.45) is 5.45. The summed E-state index contributed by atoms with van der Waals surface area (Å²) in [5, 5.41) is 6.89. The van der Waals surface area contributed by atoms with Crippen molar-refractivity contribution in [1.82, 2.24) is 19.1 Å². The van der Waals surface area contributed by atoms with Gasteiger partial charge < -0.3 is 19.3 Å². The number of imidazole rings is 2. The fourth-order valence-electron chi connectivity index (χ4n) is 3.07. The summed E-state index contributed by atoms with van der Waals surface area (Å²) in [5.41, 5.74) is 2.11. The molecule has 0 radical (unpaired) electrons. The van der Waals surface area contributed by atoms with E-state index in [2.05, 4.69) is 9.97 Å². The molecule has 0 spiro atoms. The highest BCUT2D eigenvalue weighted by Gasteiger charge is 2.17. The van der Waals surface area contributed by atoms with Crippen LogP contribution in [0, 0.1) is 12.7 Å². The van der Waals surface area contributed by atoms with E-state index in [1.54, 1.807) is 12.3 Å². The zero-order valence-corrected chi connectivity index (χ0v) is 15.7. The Balaban J connectivity index is 0.000000706. The predicted molar refractivity (Wildman–Crippen MR) is 102 cm³/mol. The van der Waals surface area contributed by atoms with Crippen LogP contribution in [0.15, 0.2) is 36.8 Å². The number of carbonyl (C=O) groups is 1. The second kappa shape index (κ2) is 8.66. The number of hydrogen-bond donors (Lipinski definition) is 1. The van der Waals surface area contributed by atoms with Gasteiger partial charge in [-0.15, -0.1) is 0 Å². The van der Waals surface area contributed by atoms with Crippen molar-refractivity contribution in [2.45, 2.75) is 6.92 Å². The molecule has 0 saturated carbocycles. The highest BCUT2D eigenvalue weighted by molar-refractivity contribution is 5.57. The second-order valence-electron chi connectivity index (χ2n) is 6.25. The fourth-order valence-corrected chi connectivity index (χ4v) is 3.07. The molecular weight excluding hydrogens is 365 g/mol. The lowest BCUT2D eigenvalue weighted by atomic mass is 10.2. The van der Waals surface area contributed by atoms with E-state index in [0.29, 0.717) is 37.8 Å². The number of aromatic nitrogens is 4. The molecule has 0 atom stereocenters. The summed E-state index contributed by atoms with van der Waals surface area (Å²) in [4.78, 5) is 19.3. The first-order valence-electron chi connectivity index (χ1n) is 8.79. The molecule has 0 amide bonds. The molecule has 1 aliphatic rings. The molecule has 4 rings (SSSR count). The van der Waals surface area contributed by atoms with Gasteiger partial charge in [0.15, 0.2) is 5.82 Å². The van der Waals surface area contributed by atoms with Crippen molar-refractivity contribution in [1.29, 1.82) is 0 Å². The molecule has 0 unspecified atom stereocenters. The van der Waals surface area contributed by atoms with E-state index < -0.39 is 0 Å². The van der Waals surface area contributed by atoms with Crippen LogP contribution >= 0.6 is 0 Å². The maximum Gasteiger partial charge on any atom is 0.290 e. The van der Waals surface area contributed by atoms with Crippen molar-refractivity contribution < 1.29 is 19.0 Å². The summed E-state index contributed by atoms with van der Waals surface area (Å²) in [7, 11) is 1.94. The Labute approximate surface area is 161 Å². The van der Waals surface area contributed by atoms with E-state index in [1.807, 2.05) is 52.5 Å². The number of halogens is 1. The number of carboxylic acid groups (broad SMARTS) is 1. The third-order valence-corrected chi connectivity index (χ3v) is 4.54. The van der Waals surface area contributed by atoms with E-state index in [-0.39, 0.29) is 12.3 Å². The Hall–Kier alpha value is -3.20. The van der Waals surface area contributed by atoms with Gasteiger partial charge in [0.2, 0.25) is 0 Å². The molecule has 1 saturated heterocycles. The highest BCUT2D eigenvalue weighted by Crippen LogP contribution is 2.26. The Morgan fingerprint density at radius 2 is 2.00 bits per heavy atom. The standard InChI is InChI=1S/C18H20FN5O.CH2O2/c1-13-21-16(12-22(13)2)18-20-5-6-24(18)14-3-4-17(15(19)11-14)23-7-9-25-10-8-23;2-1-3/h3-6,11-12H,7-10H2,1-2H3;1H,(H,2,3). The smallest absolute Gasteiger partial charge is 0.290 e. The molecule has 1 aliphatic heterocycles. The van der Waals surface area contributed by atoms with Gasteiger partial charge in [-0.05, 0) is 19.1 Å². The summed E-state index contributed by atoms with van der Waals surface area (Å²) < 4.78 is 23.8.